The van der Waals surface area contributed by atoms with Crippen molar-refractivity contribution in [3.8, 4) is 0 Å². The van der Waals surface area contributed by atoms with Gasteiger partial charge in [-0.1, -0.05) is 66.7 Å². The number of rotatable bonds is 8. The topological polar surface area (TPSA) is 55.4 Å². The second kappa shape index (κ2) is 10.1. The third kappa shape index (κ3) is 6.26. The van der Waals surface area contributed by atoms with Crippen LogP contribution in [-0.4, -0.2) is 25.0 Å². The Morgan fingerprint density at radius 3 is 2.08 bits per heavy atom. The first kappa shape index (κ1) is 18.5. The molecule has 4 heteroatoms. The van der Waals surface area contributed by atoms with Gasteiger partial charge in [0.2, 0.25) is 0 Å². The molecular weight excluding hydrogens is 314 g/mol. The van der Waals surface area contributed by atoms with Crippen LogP contribution in [0.2, 0.25) is 0 Å². The first-order valence-electron chi connectivity index (χ1n) is 8.36. The molecule has 0 aliphatic carbocycles. The lowest BCUT2D eigenvalue weighted by molar-refractivity contribution is -0.143. The zero-order chi connectivity index (χ0) is 17.9. The van der Waals surface area contributed by atoms with E-state index in [9.17, 15) is 9.59 Å². The molecule has 0 radical (unpaired) electrons. The van der Waals surface area contributed by atoms with Gasteiger partial charge in [-0.25, -0.2) is 4.79 Å². The highest BCUT2D eigenvalue weighted by atomic mass is 16.5. The lowest BCUT2D eigenvalue weighted by Crippen LogP contribution is -2.30. The fourth-order valence-electron chi connectivity index (χ4n) is 2.62. The van der Waals surface area contributed by atoms with Gasteiger partial charge >= 0.3 is 5.97 Å². The average Bonchev–Trinajstić information content (AvgIpc) is 2.65. The molecule has 0 aliphatic rings. The molecule has 0 atom stereocenters. The highest BCUT2D eigenvalue weighted by Crippen LogP contribution is 2.27. The molecule has 2 aromatic carbocycles. The van der Waals surface area contributed by atoms with E-state index in [1.165, 1.54) is 17.2 Å². The molecule has 0 heterocycles. The van der Waals surface area contributed by atoms with Crippen molar-refractivity contribution >= 4 is 11.9 Å². The van der Waals surface area contributed by atoms with Crippen molar-refractivity contribution in [2.45, 2.75) is 19.3 Å². The van der Waals surface area contributed by atoms with Crippen LogP contribution >= 0.6 is 0 Å². The molecule has 1 N–H and O–H groups in total. The Morgan fingerprint density at radius 2 is 1.56 bits per heavy atom. The van der Waals surface area contributed by atoms with Crippen LogP contribution in [0.3, 0.4) is 0 Å². The molecule has 0 saturated carbocycles. The average molecular weight is 337 g/mol. The number of carbonyl (C=O) groups is 2. The number of ether oxygens (including phenoxy) is 1. The SMILES string of the molecule is C/C=C/C(=O)OCC(=O)NCCC(c1ccccc1)c1ccccc1. The predicted molar refractivity (Wildman–Crippen MR) is 98.1 cm³/mol. The van der Waals surface area contributed by atoms with E-state index >= 15 is 0 Å². The summed E-state index contributed by atoms with van der Waals surface area (Å²) in [5.74, 6) is -0.602. The van der Waals surface area contributed by atoms with E-state index in [-0.39, 0.29) is 18.4 Å². The van der Waals surface area contributed by atoms with Crippen LogP contribution in [0.15, 0.2) is 72.8 Å². The molecule has 0 aromatic heterocycles. The van der Waals surface area contributed by atoms with E-state index in [2.05, 4.69) is 29.6 Å². The minimum absolute atomic E-state index is 0.202. The van der Waals surface area contributed by atoms with E-state index in [0.717, 1.165) is 6.42 Å². The number of amides is 1. The van der Waals surface area contributed by atoms with Crippen molar-refractivity contribution < 1.29 is 14.3 Å². The van der Waals surface area contributed by atoms with E-state index in [1.807, 2.05) is 36.4 Å². The normalized spacial score (nSPS) is 10.8. The van der Waals surface area contributed by atoms with E-state index in [1.54, 1.807) is 13.0 Å². The monoisotopic (exact) mass is 337 g/mol. The van der Waals surface area contributed by atoms with Gasteiger partial charge in [0.1, 0.15) is 0 Å². The van der Waals surface area contributed by atoms with Crippen LogP contribution in [0, 0.1) is 0 Å². The smallest absolute Gasteiger partial charge is 0.330 e. The fourth-order valence-corrected chi connectivity index (χ4v) is 2.62. The largest absolute Gasteiger partial charge is 0.452 e. The maximum atomic E-state index is 11.8. The van der Waals surface area contributed by atoms with Crippen molar-refractivity contribution in [1.29, 1.82) is 0 Å². The Bertz CT molecular complexity index is 656. The number of hydrogen-bond donors (Lipinski definition) is 1. The number of carbonyl (C=O) groups excluding carboxylic acids is 2. The van der Waals surface area contributed by atoms with Crippen molar-refractivity contribution in [3.63, 3.8) is 0 Å². The van der Waals surface area contributed by atoms with Gasteiger partial charge < -0.3 is 10.1 Å². The second-order valence-electron chi connectivity index (χ2n) is 5.62. The first-order valence-corrected chi connectivity index (χ1v) is 8.36. The quantitative estimate of drug-likeness (QED) is 0.593. The predicted octanol–water partition coefficient (Wildman–Crippen LogP) is 3.44. The molecule has 0 unspecified atom stereocenters. The summed E-state index contributed by atoms with van der Waals surface area (Å²) in [5.41, 5.74) is 2.42. The Balaban J connectivity index is 1.90. The van der Waals surface area contributed by atoms with Gasteiger partial charge in [-0.05, 0) is 24.5 Å². The van der Waals surface area contributed by atoms with Gasteiger partial charge in [0.15, 0.2) is 6.61 Å². The molecule has 0 spiro atoms. The molecule has 0 fully saturated rings. The Labute approximate surface area is 148 Å². The summed E-state index contributed by atoms with van der Waals surface area (Å²) in [6.07, 6.45) is 3.63. The minimum Gasteiger partial charge on any atom is -0.452 e. The van der Waals surface area contributed by atoms with Gasteiger partial charge in [-0.3, -0.25) is 4.79 Å². The number of esters is 1. The van der Waals surface area contributed by atoms with Gasteiger partial charge in [0.05, 0.1) is 0 Å². The lowest BCUT2D eigenvalue weighted by Gasteiger charge is -2.18. The zero-order valence-electron chi connectivity index (χ0n) is 14.4. The van der Waals surface area contributed by atoms with Crippen LogP contribution in [0.5, 0.6) is 0 Å². The highest BCUT2D eigenvalue weighted by Gasteiger charge is 2.14. The second-order valence-corrected chi connectivity index (χ2v) is 5.62. The van der Waals surface area contributed by atoms with Gasteiger partial charge in [0.25, 0.3) is 5.91 Å². The summed E-state index contributed by atoms with van der Waals surface area (Å²) in [4.78, 5) is 23.0. The molecular formula is C21H23NO3. The van der Waals surface area contributed by atoms with Gasteiger partial charge in [0, 0.05) is 18.5 Å². The van der Waals surface area contributed by atoms with Crippen molar-refractivity contribution in [1.82, 2.24) is 5.32 Å². The third-order valence-corrected chi connectivity index (χ3v) is 3.81. The summed E-state index contributed by atoms with van der Waals surface area (Å²) >= 11 is 0. The molecule has 0 bridgehead atoms. The van der Waals surface area contributed by atoms with Gasteiger partial charge in [-0.2, -0.15) is 0 Å². The van der Waals surface area contributed by atoms with Crippen molar-refractivity contribution in [2.75, 3.05) is 13.2 Å². The maximum Gasteiger partial charge on any atom is 0.330 e. The molecule has 0 aliphatic heterocycles. The zero-order valence-corrected chi connectivity index (χ0v) is 14.4. The van der Waals surface area contributed by atoms with Crippen LogP contribution in [0.25, 0.3) is 0 Å². The number of benzene rings is 2. The molecule has 4 nitrogen and oxygen atoms in total. The van der Waals surface area contributed by atoms with Crippen LogP contribution < -0.4 is 5.32 Å². The minimum atomic E-state index is -0.510. The third-order valence-electron chi connectivity index (χ3n) is 3.81. The molecule has 25 heavy (non-hydrogen) atoms. The first-order chi connectivity index (χ1) is 12.2. The molecule has 1 amide bonds. The van der Waals surface area contributed by atoms with Gasteiger partial charge in [-0.15, -0.1) is 0 Å². The van der Waals surface area contributed by atoms with Crippen LogP contribution in [0.4, 0.5) is 0 Å². The van der Waals surface area contributed by atoms with Crippen molar-refractivity contribution in [3.05, 3.63) is 83.9 Å². The van der Waals surface area contributed by atoms with Crippen LogP contribution in [0.1, 0.15) is 30.4 Å². The number of allylic oxidation sites excluding steroid dienone is 1. The van der Waals surface area contributed by atoms with Crippen LogP contribution in [-0.2, 0) is 14.3 Å². The fraction of sp³-hybridized carbons (Fsp3) is 0.238. The van der Waals surface area contributed by atoms with Crippen molar-refractivity contribution in [2.24, 2.45) is 0 Å². The molecule has 2 aromatic rings. The number of hydrogen-bond acceptors (Lipinski definition) is 3. The summed E-state index contributed by atoms with van der Waals surface area (Å²) < 4.78 is 4.83. The maximum absolute atomic E-state index is 11.8. The summed E-state index contributed by atoms with van der Waals surface area (Å²) in [6, 6.07) is 20.4. The van der Waals surface area contributed by atoms with E-state index in [0.29, 0.717) is 6.54 Å². The lowest BCUT2D eigenvalue weighted by atomic mass is 9.88. The summed E-state index contributed by atoms with van der Waals surface area (Å²) in [6.45, 7) is 1.97. The summed E-state index contributed by atoms with van der Waals surface area (Å²) in [5, 5.41) is 2.81. The summed E-state index contributed by atoms with van der Waals surface area (Å²) in [7, 11) is 0. The number of nitrogens with one attached hydrogen (secondary N) is 1. The van der Waals surface area contributed by atoms with E-state index in [4.69, 9.17) is 4.74 Å². The molecule has 2 rings (SSSR count). The highest BCUT2D eigenvalue weighted by molar-refractivity contribution is 5.85. The van der Waals surface area contributed by atoms with E-state index < -0.39 is 5.97 Å². The Kier molecular flexibility index (Phi) is 7.44. The Morgan fingerprint density at radius 1 is 1.00 bits per heavy atom. The molecule has 130 valence electrons. The molecule has 0 saturated heterocycles. The Hall–Kier alpha value is -2.88. The standard InChI is InChI=1S/C21H23NO3/c1-2-9-21(24)25-16-20(23)22-15-14-19(17-10-5-3-6-11-17)18-12-7-4-8-13-18/h2-13,19H,14-16H2,1H3,(H,22,23)/b9-2+.